The van der Waals surface area contributed by atoms with Gasteiger partial charge in [0.1, 0.15) is 0 Å². The fourth-order valence-electron chi connectivity index (χ4n) is 2.43. The summed E-state index contributed by atoms with van der Waals surface area (Å²) in [6, 6.07) is 12.0. The Kier molecular flexibility index (Phi) is 4.88. The van der Waals surface area contributed by atoms with E-state index in [0.29, 0.717) is 28.3 Å². The predicted molar refractivity (Wildman–Crippen MR) is 94.2 cm³/mol. The Morgan fingerprint density at radius 2 is 1.84 bits per heavy atom. The van der Waals surface area contributed by atoms with Crippen molar-refractivity contribution >= 4 is 17.5 Å². The summed E-state index contributed by atoms with van der Waals surface area (Å²) < 4.78 is 10.5. The molecule has 0 aromatic heterocycles. The van der Waals surface area contributed by atoms with Crippen LogP contribution in [0.4, 0.5) is 5.69 Å². The molecule has 2 amide bonds. The van der Waals surface area contributed by atoms with Crippen LogP contribution in [0.2, 0.25) is 0 Å². The molecule has 1 heterocycles. The van der Waals surface area contributed by atoms with Gasteiger partial charge in [-0.05, 0) is 43.7 Å². The molecule has 1 aliphatic rings. The van der Waals surface area contributed by atoms with Crippen LogP contribution in [0.3, 0.4) is 0 Å². The maximum atomic E-state index is 12.5. The molecule has 25 heavy (non-hydrogen) atoms. The van der Waals surface area contributed by atoms with E-state index in [2.05, 4.69) is 10.6 Å². The van der Waals surface area contributed by atoms with Gasteiger partial charge in [0.2, 0.25) is 6.79 Å². The molecular formula is C19H20N2O4. The van der Waals surface area contributed by atoms with Crippen molar-refractivity contribution in [3.63, 3.8) is 0 Å². The Morgan fingerprint density at radius 1 is 1.08 bits per heavy atom. The molecule has 3 rings (SSSR count). The molecule has 0 saturated heterocycles. The van der Waals surface area contributed by atoms with Gasteiger partial charge in [0.05, 0.1) is 11.3 Å². The molecule has 6 heteroatoms. The first kappa shape index (κ1) is 16.8. The summed E-state index contributed by atoms with van der Waals surface area (Å²) in [4.78, 5) is 24.9. The topological polar surface area (TPSA) is 76.7 Å². The van der Waals surface area contributed by atoms with Crippen molar-refractivity contribution in [2.75, 3.05) is 12.1 Å². The SMILES string of the molecule is CCC(C)NC(=O)c1ccccc1NC(=O)c1ccc2c(c1)OCO2. The van der Waals surface area contributed by atoms with Crippen LogP contribution < -0.4 is 20.1 Å². The lowest BCUT2D eigenvalue weighted by Crippen LogP contribution is -2.32. The number of anilines is 1. The number of fused-ring (bicyclic) bond motifs is 1. The third-order valence-corrected chi connectivity index (χ3v) is 4.04. The van der Waals surface area contributed by atoms with Crippen LogP contribution in [-0.2, 0) is 0 Å². The minimum atomic E-state index is -0.318. The van der Waals surface area contributed by atoms with Gasteiger partial charge in [-0.25, -0.2) is 0 Å². The molecule has 1 unspecified atom stereocenters. The quantitative estimate of drug-likeness (QED) is 0.876. The van der Waals surface area contributed by atoms with Crippen molar-refractivity contribution in [3.8, 4) is 11.5 Å². The molecule has 1 atom stereocenters. The molecule has 2 N–H and O–H groups in total. The van der Waals surface area contributed by atoms with Crippen LogP contribution in [0.15, 0.2) is 42.5 Å². The van der Waals surface area contributed by atoms with Crippen molar-refractivity contribution in [1.82, 2.24) is 5.32 Å². The van der Waals surface area contributed by atoms with E-state index >= 15 is 0 Å². The largest absolute Gasteiger partial charge is 0.454 e. The highest BCUT2D eigenvalue weighted by atomic mass is 16.7. The lowest BCUT2D eigenvalue weighted by Gasteiger charge is -2.14. The molecule has 0 saturated carbocycles. The Labute approximate surface area is 146 Å². The van der Waals surface area contributed by atoms with Gasteiger partial charge >= 0.3 is 0 Å². The highest BCUT2D eigenvalue weighted by Gasteiger charge is 2.18. The monoisotopic (exact) mass is 340 g/mol. The molecule has 0 spiro atoms. The Morgan fingerprint density at radius 3 is 2.64 bits per heavy atom. The van der Waals surface area contributed by atoms with E-state index < -0.39 is 0 Å². The Hall–Kier alpha value is -3.02. The van der Waals surface area contributed by atoms with Crippen LogP contribution in [0, 0.1) is 0 Å². The maximum absolute atomic E-state index is 12.5. The van der Waals surface area contributed by atoms with E-state index in [4.69, 9.17) is 9.47 Å². The van der Waals surface area contributed by atoms with E-state index in [1.165, 1.54) is 0 Å². The van der Waals surface area contributed by atoms with Gasteiger partial charge in [-0.15, -0.1) is 0 Å². The van der Waals surface area contributed by atoms with Gasteiger partial charge in [-0.3, -0.25) is 9.59 Å². The summed E-state index contributed by atoms with van der Waals surface area (Å²) >= 11 is 0. The highest BCUT2D eigenvalue weighted by molar-refractivity contribution is 6.09. The molecule has 2 aromatic carbocycles. The van der Waals surface area contributed by atoms with Crippen LogP contribution in [-0.4, -0.2) is 24.6 Å². The summed E-state index contributed by atoms with van der Waals surface area (Å²) in [5.41, 5.74) is 1.32. The number of carbonyl (C=O) groups is 2. The Balaban J connectivity index is 1.78. The van der Waals surface area contributed by atoms with Gasteiger partial charge < -0.3 is 20.1 Å². The maximum Gasteiger partial charge on any atom is 0.255 e. The first-order chi connectivity index (χ1) is 12.1. The average Bonchev–Trinajstić information content (AvgIpc) is 3.09. The Bertz CT molecular complexity index is 804. The lowest BCUT2D eigenvalue weighted by atomic mass is 10.1. The number of rotatable bonds is 5. The third kappa shape index (κ3) is 3.74. The van der Waals surface area contributed by atoms with E-state index in [1.807, 2.05) is 13.8 Å². The molecule has 0 fully saturated rings. The van der Waals surface area contributed by atoms with Gasteiger partial charge in [0.15, 0.2) is 11.5 Å². The lowest BCUT2D eigenvalue weighted by molar-refractivity contribution is 0.0940. The van der Waals surface area contributed by atoms with E-state index in [1.54, 1.807) is 42.5 Å². The summed E-state index contributed by atoms with van der Waals surface area (Å²) in [7, 11) is 0. The van der Waals surface area contributed by atoms with Crippen LogP contribution in [0.5, 0.6) is 11.5 Å². The van der Waals surface area contributed by atoms with Crippen molar-refractivity contribution in [1.29, 1.82) is 0 Å². The number of hydrogen-bond acceptors (Lipinski definition) is 4. The third-order valence-electron chi connectivity index (χ3n) is 4.04. The minimum Gasteiger partial charge on any atom is -0.454 e. The highest BCUT2D eigenvalue weighted by Crippen LogP contribution is 2.32. The first-order valence-corrected chi connectivity index (χ1v) is 8.19. The van der Waals surface area contributed by atoms with Crippen molar-refractivity contribution in [3.05, 3.63) is 53.6 Å². The molecule has 6 nitrogen and oxygen atoms in total. The molecule has 0 aliphatic carbocycles. The van der Waals surface area contributed by atoms with Gasteiger partial charge in [-0.1, -0.05) is 19.1 Å². The molecular weight excluding hydrogens is 320 g/mol. The average molecular weight is 340 g/mol. The standard InChI is InChI=1S/C19H20N2O4/c1-3-12(2)20-19(23)14-6-4-5-7-15(14)21-18(22)13-8-9-16-17(10-13)25-11-24-16/h4-10,12H,3,11H2,1-2H3,(H,20,23)(H,21,22). The smallest absolute Gasteiger partial charge is 0.255 e. The molecule has 130 valence electrons. The van der Waals surface area contributed by atoms with Crippen molar-refractivity contribution in [2.45, 2.75) is 26.3 Å². The van der Waals surface area contributed by atoms with Gasteiger partial charge in [-0.2, -0.15) is 0 Å². The summed E-state index contributed by atoms with van der Waals surface area (Å²) in [6.07, 6.45) is 0.831. The number of nitrogens with one attached hydrogen (secondary N) is 2. The molecule has 2 aromatic rings. The molecule has 0 bridgehead atoms. The summed E-state index contributed by atoms with van der Waals surface area (Å²) in [5.74, 6) is 0.623. The number of ether oxygens (including phenoxy) is 2. The minimum absolute atomic E-state index is 0.0603. The van der Waals surface area contributed by atoms with Crippen LogP contribution >= 0.6 is 0 Å². The van der Waals surface area contributed by atoms with E-state index in [0.717, 1.165) is 6.42 Å². The fourth-order valence-corrected chi connectivity index (χ4v) is 2.43. The molecule has 0 radical (unpaired) electrons. The zero-order valence-electron chi connectivity index (χ0n) is 14.2. The normalized spacial score (nSPS) is 13.2. The zero-order valence-corrected chi connectivity index (χ0v) is 14.2. The number of para-hydroxylation sites is 1. The number of amides is 2. The fraction of sp³-hybridized carbons (Fsp3) is 0.263. The van der Waals surface area contributed by atoms with E-state index in [-0.39, 0.29) is 24.6 Å². The van der Waals surface area contributed by atoms with E-state index in [9.17, 15) is 9.59 Å². The number of benzene rings is 2. The summed E-state index contributed by atoms with van der Waals surface area (Å²) in [5, 5.41) is 5.70. The second-order valence-electron chi connectivity index (χ2n) is 5.85. The second kappa shape index (κ2) is 7.25. The van der Waals surface area contributed by atoms with Crippen molar-refractivity contribution in [2.24, 2.45) is 0 Å². The second-order valence-corrected chi connectivity index (χ2v) is 5.85. The number of carbonyl (C=O) groups excluding carboxylic acids is 2. The van der Waals surface area contributed by atoms with Gasteiger partial charge in [0, 0.05) is 11.6 Å². The first-order valence-electron chi connectivity index (χ1n) is 8.19. The number of hydrogen-bond donors (Lipinski definition) is 2. The predicted octanol–water partition coefficient (Wildman–Crippen LogP) is 3.20. The van der Waals surface area contributed by atoms with Gasteiger partial charge in [0.25, 0.3) is 11.8 Å². The summed E-state index contributed by atoms with van der Waals surface area (Å²) in [6.45, 7) is 4.09. The van der Waals surface area contributed by atoms with Crippen molar-refractivity contribution < 1.29 is 19.1 Å². The zero-order chi connectivity index (χ0) is 17.8. The van der Waals surface area contributed by atoms with Crippen LogP contribution in [0.1, 0.15) is 41.0 Å². The van der Waals surface area contributed by atoms with Crippen LogP contribution in [0.25, 0.3) is 0 Å². The molecule has 1 aliphatic heterocycles.